The highest BCUT2D eigenvalue weighted by Gasteiger charge is 2.09. The number of dihydropyridines is 1. The molecule has 0 amide bonds. The van der Waals surface area contributed by atoms with Gasteiger partial charge in [-0.15, -0.1) is 0 Å². The van der Waals surface area contributed by atoms with Crippen molar-refractivity contribution in [1.82, 2.24) is 0 Å². The fourth-order valence-electron chi connectivity index (χ4n) is 0.363. The van der Waals surface area contributed by atoms with Gasteiger partial charge in [0.1, 0.15) is 6.54 Å². The topological polar surface area (TPSA) is 29.4 Å². The Labute approximate surface area is 45.7 Å². The molecule has 0 spiro atoms. The minimum absolute atomic E-state index is 0.660. The summed E-state index contributed by atoms with van der Waals surface area (Å²) in [7, 11) is 0. The number of ketones is 1. The number of nitrogens with zero attached hydrogens (tertiary/aromatic N) is 1. The van der Waals surface area contributed by atoms with E-state index in [1.54, 1.807) is 0 Å². The van der Waals surface area contributed by atoms with E-state index >= 15 is 0 Å². The van der Waals surface area contributed by atoms with Crippen LogP contribution in [0.4, 0.5) is 4.39 Å². The van der Waals surface area contributed by atoms with Gasteiger partial charge in [0.25, 0.3) is 0 Å². The van der Waals surface area contributed by atoms with Crippen LogP contribution in [0.2, 0.25) is 0 Å². The average Bonchev–Trinajstić information content (AvgIpc) is 1.77. The Kier molecular flexibility index (Phi) is 1.20. The second-order valence-electron chi connectivity index (χ2n) is 1.31. The first kappa shape index (κ1) is 5.15. The largest absolute Gasteiger partial charge is 0.289 e. The molecule has 0 aromatic heterocycles. The SMILES string of the molecule is O=C1[CH]N=CC=C1F. The number of hydrogen-bond acceptors (Lipinski definition) is 2. The zero-order valence-electron chi connectivity index (χ0n) is 3.97. The van der Waals surface area contributed by atoms with E-state index in [9.17, 15) is 9.18 Å². The monoisotopic (exact) mass is 112 g/mol. The summed E-state index contributed by atoms with van der Waals surface area (Å²) in [6.07, 6.45) is 2.26. The first-order chi connectivity index (χ1) is 3.80. The maximum absolute atomic E-state index is 12.0. The molecule has 1 aliphatic rings. The van der Waals surface area contributed by atoms with E-state index in [0.717, 1.165) is 12.6 Å². The molecule has 0 fully saturated rings. The molecule has 0 aliphatic carbocycles. The van der Waals surface area contributed by atoms with Crippen molar-refractivity contribution in [3.8, 4) is 0 Å². The molecule has 41 valence electrons. The Morgan fingerprint density at radius 1 is 1.62 bits per heavy atom. The van der Waals surface area contributed by atoms with Crippen molar-refractivity contribution >= 4 is 12.0 Å². The molecule has 2 nitrogen and oxygen atoms in total. The number of allylic oxidation sites excluding steroid dienone is 1. The zero-order valence-corrected chi connectivity index (χ0v) is 3.97. The lowest BCUT2D eigenvalue weighted by Gasteiger charge is -1.93. The van der Waals surface area contributed by atoms with Gasteiger partial charge in [-0.05, 0) is 6.08 Å². The summed E-state index contributed by atoms with van der Waals surface area (Å²) in [5.74, 6) is -1.41. The van der Waals surface area contributed by atoms with E-state index in [-0.39, 0.29) is 0 Å². The predicted octanol–water partition coefficient (Wildman–Crippen LogP) is 0.655. The molecule has 0 saturated carbocycles. The molecule has 1 rings (SSSR count). The van der Waals surface area contributed by atoms with Crippen LogP contribution >= 0.6 is 0 Å². The lowest BCUT2D eigenvalue weighted by Crippen LogP contribution is -2.01. The summed E-state index contributed by atoms with van der Waals surface area (Å²) in [6.45, 7) is 0.940. The van der Waals surface area contributed by atoms with Gasteiger partial charge in [0.05, 0.1) is 0 Å². The molecule has 0 aromatic rings. The van der Waals surface area contributed by atoms with Crippen molar-refractivity contribution in [2.45, 2.75) is 0 Å². The second-order valence-corrected chi connectivity index (χ2v) is 1.31. The molecule has 0 aromatic carbocycles. The van der Waals surface area contributed by atoms with Crippen molar-refractivity contribution in [2.75, 3.05) is 0 Å². The third kappa shape index (κ3) is 0.804. The Balaban J connectivity index is 2.80. The molecular formula is C5H3FNO. The van der Waals surface area contributed by atoms with E-state index in [0.29, 0.717) is 0 Å². The molecule has 0 saturated heterocycles. The van der Waals surface area contributed by atoms with Crippen LogP contribution < -0.4 is 0 Å². The Morgan fingerprint density at radius 3 is 2.75 bits per heavy atom. The number of rotatable bonds is 0. The lowest BCUT2D eigenvalue weighted by atomic mass is 10.3. The van der Waals surface area contributed by atoms with Crippen LogP contribution in [0.3, 0.4) is 0 Å². The van der Waals surface area contributed by atoms with Crippen molar-refractivity contribution in [3.05, 3.63) is 18.4 Å². The first-order valence-electron chi connectivity index (χ1n) is 2.07. The number of aliphatic imine (C=N–C) groups is 1. The van der Waals surface area contributed by atoms with Gasteiger partial charge >= 0.3 is 0 Å². The fourth-order valence-corrected chi connectivity index (χ4v) is 0.363. The number of Topliss-reactive ketones (excluding diaryl/α,β-unsaturated/α-hetero) is 1. The second kappa shape index (κ2) is 1.86. The highest BCUT2D eigenvalue weighted by Crippen LogP contribution is 2.03. The van der Waals surface area contributed by atoms with Crippen LogP contribution in [0.25, 0.3) is 0 Å². The van der Waals surface area contributed by atoms with Crippen LogP contribution in [0.1, 0.15) is 0 Å². The van der Waals surface area contributed by atoms with Gasteiger partial charge in [0.2, 0.25) is 5.78 Å². The summed E-state index contributed by atoms with van der Waals surface area (Å²) < 4.78 is 12.0. The number of halogens is 1. The highest BCUT2D eigenvalue weighted by atomic mass is 19.1. The van der Waals surface area contributed by atoms with Crippen LogP contribution in [-0.2, 0) is 4.79 Å². The molecular weight excluding hydrogens is 109 g/mol. The standard InChI is InChI=1S/C5H3FNO/c6-4-1-2-7-3-5(4)8/h1-3H. The smallest absolute Gasteiger partial charge is 0.218 e. The van der Waals surface area contributed by atoms with Gasteiger partial charge in [0.15, 0.2) is 5.83 Å². The van der Waals surface area contributed by atoms with Crippen LogP contribution in [0, 0.1) is 6.54 Å². The molecule has 0 atom stereocenters. The normalized spacial score (nSPS) is 18.6. The molecule has 0 N–H and O–H groups in total. The van der Waals surface area contributed by atoms with Crippen LogP contribution in [0.5, 0.6) is 0 Å². The van der Waals surface area contributed by atoms with Gasteiger partial charge in [-0.2, -0.15) is 0 Å². The maximum atomic E-state index is 12.0. The molecule has 0 bridgehead atoms. The minimum Gasteiger partial charge on any atom is -0.289 e. The number of hydrogen-bond donors (Lipinski definition) is 0. The molecule has 3 heteroatoms. The van der Waals surface area contributed by atoms with Gasteiger partial charge in [0, 0.05) is 6.21 Å². The van der Waals surface area contributed by atoms with Gasteiger partial charge < -0.3 is 0 Å². The summed E-state index contributed by atoms with van der Waals surface area (Å²) in [5.41, 5.74) is 0. The van der Waals surface area contributed by atoms with Crippen molar-refractivity contribution in [1.29, 1.82) is 0 Å². The van der Waals surface area contributed by atoms with Crippen LogP contribution in [0.15, 0.2) is 16.9 Å². The molecule has 1 heterocycles. The fraction of sp³-hybridized carbons (Fsp3) is 0. The van der Waals surface area contributed by atoms with E-state index < -0.39 is 11.6 Å². The van der Waals surface area contributed by atoms with Crippen molar-refractivity contribution in [2.24, 2.45) is 4.99 Å². The lowest BCUT2D eigenvalue weighted by molar-refractivity contribution is -0.113. The van der Waals surface area contributed by atoms with E-state index in [1.165, 1.54) is 6.21 Å². The summed E-state index contributed by atoms with van der Waals surface area (Å²) >= 11 is 0. The van der Waals surface area contributed by atoms with Crippen molar-refractivity contribution < 1.29 is 9.18 Å². The molecule has 1 radical (unpaired) electrons. The third-order valence-corrected chi connectivity index (χ3v) is 0.734. The quantitative estimate of drug-likeness (QED) is 0.452. The van der Waals surface area contributed by atoms with Crippen molar-refractivity contribution in [3.63, 3.8) is 0 Å². The Hall–Kier alpha value is -0.990. The van der Waals surface area contributed by atoms with Gasteiger partial charge in [-0.1, -0.05) is 0 Å². The number of carbonyl (C=O) groups excluding carboxylic acids is 1. The third-order valence-electron chi connectivity index (χ3n) is 0.734. The van der Waals surface area contributed by atoms with Gasteiger partial charge in [-0.3, -0.25) is 9.79 Å². The first-order valence-corrected chi connectivity index (χ1v) is 2.07. The molecule has 8 heavy (non-hydrogen) atoms. The zero-order chi connectivity index (χ0) is 5.98. The average molecular weight is 112 g/mol. The molecule has 1 aliphatic heterocycles. The number of carbonyl (C=O) groups is 1. The highest BCUT2D eigenvalue weighted by molar-refractivity contribution is 6.05. The molecule has 0 unspecified atom stereocenters. The minimum atomic E-state index is -0.750. The van der Waals surface area contributed by atoms with Crippen LogP contribution in [-0.4, -0.2) is 12.0 Å². The Morgan fingerprint density at radius 2 is 2.38 bits per heavy atom. The maximum Gasteiger partial charge on any atom is 0.218 e. The predicted molar refractivity (Wildman–Crippen MR) is 27.0 cm³/mol. The van der Waals surface area contributed by atoms with E-state index in [4.69, 9.17) is 0 Å². The van der Waals surface area contributed by atoms with E-state index in [2.05, 4.69) is 4.99 Å². The van der Waals surface area contributed by atoms with E-state index in [1.807, 2.05) is 0 Å². The Bertz CT molecular complexity index is 171. The summed E-state index contributed by atoms with van der Waals surface area (Å²) in [4.78, 5) is 13.6. The van der Waals surface area contributed by atoms with Gasteiger partial charge in [-0.25, -0.2) is 4.39 Å². The summed E-state index contributed by atoms with van der Waals surface area (Å²) in [5, 5.41) is 0. The summed E-state index contributed by atoms with van der Waals surface area (Å²) in [6, 6.07) is 0.